The molecule has 0 saturated carbocycles. The van der Waals surface area contributed by atoms with Gasteiger partial charge >= 0.3 is 0 Å². The highest BCUT2D eigenvalue weighted by atomic mass is 127. The Labute approximate surface area is 96.8 Å². The van der Waals surface area contributed by atoms with Gasteiger partial charge in [0.15, 0.2) is 0 Å². The van der Waals surface area contributed by atoms with Gasteiger partial charge in [0.1, 0.15) is 0 Å². The van der Waals surface area contributed by atoms with Crippen molar-refractivity contribution >= 4 is 57.9 Å². The van der Waals surface area contributed by atoms with E-state index in [2.05, 4.69) is 34.5 Å². The van der Waals surface area contributed by atoms with E-state index in [-0.39, 0.29) is 24.0 Å². The molecule has 0 fully saturated rings. The van der Waals surface area contributed by atoms with Crippen molar-refractivity contribution in [1.29, 1.82) is 0 Å². The van der Waals surface area contributed by atoms with Crippen molar-refractivity contribution in [3.63, 3.8) is 0 Å². The van der Waals surface area contributed by atoms with Crippen LogP contribution in [0.3, 0.4) is 0 Å². The van der Waals surface area contributed by atoms with E-state index in [4.69, 9.17) is 0 Å². The Bertz CT molecular complexity index is 148. The molecule has 0 amide bonds. The first kappa shape index (κ1) is 13.7. The largest absolute Gasteiger partial charge is 0.250 e. The topological polar surface area (TPSA) is 12.9 Å². The number of hydrogen-bond acceptors (Lipinski definition) is 2. The summed E-state index contributed by atoms with van der Waals surface area (Å²) in [6.07, 6.45) is 1.89. The second-order valence-corrected chi connectivity index (χ2v) is 2.93. The minimum absolute atomic E-state index is 0. The van der Waals surface area contributed by atoms with Gasteiger partial charge in [0.2, 0.25) is 0 Å². The van der Waals surface area contributed by atoms with Gasteiger partial charge in [-0.1, -0.05) is 22.6 Å². The Morgan fingerprint density at radius 1 is 1.40 bits per heavy atom. The molecule has 0 radical (unpaired) electrons. The lowest BCUT2D eigenvalue weighted by Gasteiger charge is -1.68. The van der Waals surface area contributed by atoms with Crippen molar-refractivity contribution in [1.82, 2.24) is 4.98 Å². The van der Waals surface area contributed by atoms with Crippen LogP contribution in [-0.4, -0.2) is 9.91 Å². The Hall–Kier alpha value is 1.09. The number of alkyl halides is 1. The minimum atomic E-state index is 0. The number of hydrogen-bond donors (Lipinski definition) is 0. The summed E-state index contributed by atoms with van der Waals surface area (Å²) in [5.41, 5.74) is 0. The smallest absolute Gasteiger partial charge is 0.0896 e. The van der Waals surface area contributed by atoms with Crippen LogP contribution in [0.25, 0.3) is 0 Å². The van der Waals surface area contributed by atoms with Crippen molar-refractivity contribution in [3.8, 4) is 0 Å². The first-order valence-corrected chi connectivity index (χ1v) is 5.53. The molecule has 0 aliphatic rings. The fourth-order valence-electron chi connectivity index (χ4n) is 0.467. The highest BCUT2D eigenvalue weighted by Crippen LogP contribution is 2.07. The lowest BCUT2D eigenvalue weighted by molar-refractivity contribution is 1.28. The normalized spacial score (nSPS) is 7.20. The molecule has 1 rings (SSSR count). The summed E-state index contributed by atoms with van der Waals surface area (Å²) >= 11 is 3.88. The van der Waals surface area contributed by atoms with Crippen LogP contribution < -0.4 is 0 Å². The third-order valence-corrected chi connectivity index (χ3v) is 1.57. The van der Waals surface area contributed by atoms with Crippen LogP contribution in [0.15, 0.2) is 6.20 Å². The van der Waals surface area contributed by atoms with Gasteiger partial charge in [-0.05, 0) is 18.8 Å². The SMILES string of the molecule is CI.Cc1cnc(C)s1.I. The van der Waals surface area contributed by atoms with Gasteiger partial charge in [0.05, 0.1) is 5.01 Å². The third kappa shape index (κ3) is 5.84. The van der Waals surface area contributed by atoms with E-state index in [0.29, 0.717) is 0 Å². The highest BCUT2D eigenvalue weighted by molar-refractivity contribution is 14.1. The molecule has 60 valence electrons. The van der Waals surface area contributed by atoms with Crippen molar-refractivity contribution in [2.75, 3.05) is 4.93 Å². The van der Waals surface area contributed by atoms with Gasteiger partial charge in [-0.15, -0.1) is 35.3 Å². The number of rotatable bonds is 0. The zero-order valence-corrected chi connectivity index (χ0v) is 11.5. The van der Waals surface area contributed by atoms with Crippen LogP contribution in [0.2, 0.25) is 0 Å². The molecule has 1 nitrogen and oxygen atoms in total. The van der Waals surface area contributed by atoms with Crippen molar-refractivity contribution in [2.24, 2.45) is 0 Å². The minimum Gasteiger partial charge on any atom is -0.250 e. The van der Waals surface area contributed by atoms with Gasteiger partial charge in [-0.25, -0.2) is 4.98 Å². The maximum absolute atomic E-state index is 4.03. The summed E-state index contributed by atoms with van der Waals surface area (Å²) in [5.74, 6) is 0. The standard InChI is InChI=1S/C5H7NS.CH3I.HI/c1-4-3-6-5(2)7-4;1-2;/h3H,1-2H3;1H3;1H. The molecule has 0 aliphatic heterocycles. The summed E-state index contributed by atoms with van der Waals surface area (Å²) in [6.45, 7) is 4.07. The van der Waals surface area contributed by atoms with Gasteiger partial charge in [-0.2, -0.15) is 0 Å². The molecule has 1 aromatic rings. The average Bonchev–Trinajstić information content (AvgIpc) is 2.20. The van der Waals surface area contributed by atoms with Crippen molar-refractivity contribution < 1.29 is 0 Å². The van der Waals surface area contributed by atoms with Crippen LogP contribution in [0.1, 0.15) is 9.88 Å². The summed E-state index contributed by atoms with van der Waals surface area (Å²) in [4.78, 5) is 7.29. The molecular weight excluding hydrogens is 372 g/mol. The number of halogens is 2. The predicted octanol–water partition coefficient (Wildman–Crippen LogP) is 3.43. The van der Waals surface area contributed by atoms with Gasteiger partial charge in [-0.3, -0.25) is 0 Å². The third-order valence-electron chi connectivity index (χ3n) is 0.737. The molecule has 0 saturated heterocycles. The van der Waals surface area contributed by atoms with E-state index in [1.54, 1.807) is 11.3 Å². The highest BCUT2D eigenvalue weighted by Gasteiger charge is 1.86. The zero-order chi connectivity index (χ0) is 7.28. The van der Waals surface area contributed by atoms with Crippen LogP contribution in [0.5, 0.6) is 0 Å². The summed E-state index contributed by atoms with van der Waals surface area (Å²) in [7, 11) is 0. The summed E-state index contributed by atoms with van der Waals surface area (Å²) in [6, 6.07) is 0. The molecule has 1 heterocycles. The Morgan fingerprint density at radius 3 is 2.00 bits per heavy atom. The number of aromatic nitrogens is 1. The molecule has 0 bridgehead atoms. The van der Waals surface area contributed by atoms with Gasteiger partial charge < -0.3 is 0 Å². The Balaban J connectivity index is 0. The Kier molecular flexibility index (Phi) is 11.2. The van der Waals surface area contributed by atoms with Crippen molar-refractivity contribution in [2.45, 2.75) is 13.8 Å². The maximum atomic E-state index is 4.03. The van der Waals surface area contributed by atoms with E-state index < -0.39 is 0 Å². The van der Waals surface area contributed by atoms with Crippen LogP contribution >= 0.6 is 57.9 Å². The quantitative estimate of drug-likeness (QED) is 0.494. The molecule has 4 heteroatoms. The molecule has 0 N–H and O–H groups in total. The molecule has 0 unspecified atom stereocenters. The maximum Gasteiger partial charge on any atom is 0.0896 e. The van der Waals surface area contributed by atoms with Crippen LogP contribution in [-0.2, 0) is 0 Å². The fourth-order valence-corrected chi connectivity index (χ4v) is 1.14. The summed E-state index contributed by atoms with van der Waals surface area (Å²) < 4.78 is 0. The molecule has 0 atom stereocenters. The second-order valence-electron chi connectivity index (χ2n) is 1.49. The Morgan fingerprint density at radius 2 is 1.90 bits per heavy atom. The van der Waals surface area contributed by atoms with Gasteiger partial charge in [0, 0.05) is 11.1 Å². The van der Waals surface area contributed by atoms with Gasteiger partial charge in [0.25, 0.3) is 0 Å². The van der Waals surface area contributed by atoms with Crippen LogP contribution in [0, 0.1) is 13.8 Å². The molecule has 0 aliphatic carbocycles. The lowest BCUT2D eigenvalue weighted by Crippen LogP contribution is -1.57. The molecule has 10 heavy (non-hydrogen) atoms. The molecular formula is C6H11I2NS. The predicted molar refractivity (Wildman–Crippen MR) is 66.9 cm³/mol. The molecule has 1 aromatic heterocycles. The van der Waals surface area contributed by atoms with E-state index >= 15 is 0 Å². The fraction of sp³-hybridized carbons (Fsp3) is 0.500. The summed E-state index contributed by atoms with van der Waals surface area (Å²) in [5, 5.41) is 1.15. The number of thiazole rings is 1. The van der Waals surface area contributed by atoms with Crippen molar-refractivity contribution in [3.05, 3.63) is 16.1 Å². The van der Waals surface area contributed by atoms with Crippen LogP contribution in [0.4, 0.5) is 0 Å². The molecule has 0 aromatic carbocycles. The first-order chi connectivity index (χ1) is 4.29. The van der Waals surface area contributed by atoms with E-state index in [1.807, 2.05) is 18.1 Å². The number of nitrogens with zero attached hydrogens (tertiary/aromatic N) is 1. The first-order valence-electron chi connectivity index (χ1n) is 2.56. The van der Waals surface area contributed by atoms with E-state index in [0.717, 1.165) is 5.01 Å². The van der Waals surface area contributed by atoms with E-state index in [1.165, 1.54) is 4.88 Å². The number of aryl methyl sites for hydroxylation is 2. The lowest BCUT2D eigenvalue weighted by atomic mass is 10.6. The zero-order valence-electron chi connectivity index (χ0n) is 6.22. The van der Waals surface area contributed by atoms with E-state index in [9.17, 15) is 0 Å². The monoisotopic (exact) mass is 383 g/mol. The second kappa shape index (κ2) is 8.19. The average molecular weight is 383 g/mol. The molecule has 0 spiro atoms.